The lowest BCUT2D eigenvalue weighted by molar-refractivity contribution is -0.195. The summed E-state index contributed by atoms with van der Waals surface area (Å²) in [6.07, 6.45) is -0.495. The number of nitrogens with one attached hydrogen (secondary N) is 1. The molecule has 0 radical (unpaired) electrons. The topological polar surface area (TPSA) is 155 Å². The molecule has 12 nitrogen and oxygen atoms in total. The van der Waals surface area contributed by atoms with Gasteiger partial charge in [0.2, 0.25) is 0 Å². The number of carbonyl (C=O) groups excluding carboxylic acids is 3. The molecular formula is C16H17N3O9. The molecule has 4 rings (SSSR count). The Hall–Kier alpha value is -2.99. The highest BCUT2D eigenvalue weighted by Gasteiger charge is 2.55. The molecule has 150 valence electrons. The van der Waals surface area contributed by atoms with Crippen molar-refractivity contribution >= 4 is 23.7 Å². The summed E-state index contributed by atoms with van der Waals surface area (Å²) < 4.78 is 22.2. The molecule has 2 N–H and O–H groups in total. The van der Waals surface area contributed by atoms with E-state index < -0.39 is 42.2 Å². The first-order valence-corrected chi connectivity index (χ1v) is 8.71. The zero-order valence-electron chi connectivity index (χ0n) is 14.5. The molecule has 3 heterocycles. The van der Waals surface area contributed by atoms with E-state index in [1.54, 1.807) is 5.48 Å². The third-order valence-electron chi connectivity index (χ3n) is 4.99. The van der Waals surface area contributed by atoms with Gasteiger partial charge in [0.15, 0.2) is 24.3 Å². The molecule has 3 fully saturated rings. The van der Waals surface area contributed by atoms with E-state index in [0.29, 0.717) is 0 Å². The Labute approximate surface area is 157 Å². The molecule has 0 aromatic carbocycles. The van der Waals surface area contributed by atoms with Crippen molar-refractivity contribution in [1.29, 1.82) is 0 Å². The number of esters is 3. The summed E-state index contributed by atoms with van der Waals surface area (Å²) in [5, 5.41) is 8.84. The average molecular weight is 395 g/mol. The van der Waals surface area contributed by atoms with Crippen LogP contribution in [0.5, 0.6) is 0 Å². The molecule has 1 aromatic heterocycles. The van der Waals surface area contributed by atoms with E-state index in [-0.39, 0.29) is 24.3 Å². The van der Waals surface area contributed by atoms with E-state index in [4.69, 9.17) is 24.2 Å². The van der Waals surface area contributed by atoms with Crippen LogP contribution in [0, 0.1) is 5.92 Å². The van der Waals surface area contributed by atoms with Crippen molar-refractivity contribution in [1.82, 2.24) is 9.55 Å². The second-order valence-corrected chi connectivity index (χ2v) is 6.68. The minimum atomic E-state index is -1.21. The van der Waals surface area contributed by atoms with E-state index >= 15 is 0 Å². The average Bonchev–Trinajstić information content (AvgIpc) is 2.96. The summed E-state index contributed by atoms with van der Waals surface area (Å²) in [4.78, 5) is 51.0. The van der Waals surface area contributed by atoms with E-state index in [2.05, 4.69) is 4.98 Å². The van der Waals surface area contributed by atoms with Crippen LogP contribution in [0.15, 0.2) is 17.1 Å². The van der Waals surface area contributed by atoms with Gasteiger partial charge in [-0.1, -0.05) is 6.42 Å². The van der Waals surface area contributed by atoms with E-state index in [0.717, 1.165) is 23.8 Å². The number of anilines is 1. The number of nitrogens with zero attached hydrogens (tertiary/aromatic N) is 2. The Bertz CT molecular complexity index is 865. The third-order valence-corrected chi connectivity index (χ3v) is 4.99. The van der Waals surface area contributed by atoms with Crippen LogP contribution in [0.4, 0.5) is 5.82 Å². The highest BCUT2D eigenvalue weighted by molar-refractivity contribution is 6.30. The SMILES string of the molecule is O=C1OC2C(OC1=O)[C@@H](COC(=O)C1CCC1)O[C@H]2n1ccc(NO)nc1=O. The van der Waals surface area contributed by atoms with Crippen molar-refractivity contribution in [3.05, 3.63) is 22.7 Å². The van der Waals surface area contributed by atoms with Gasteiger partial charge in [-0.15, -0.1) is 0 Å². The molecule has 2 unspecified atom stereocenters. The molecule has 28 heavy (non-hydrogen) atoms. The van der Waals surface area contributed by atoms with Gasteiger partial charge in [-0.3, -0.25) is 20.0 Å². The molecule has 2 saturated heterocycles. The minimum Gasteiger partial charge on any atom is -0.463 e. The van der Waals surface area contributed by atoms with Gasteiger partial charge in [-0.05, 0) is 18.9 Å². The Balaban J connectivity index is 1.55. The number of aromatic nitrogens is 2. The van der Waals surface area contributed by atoms with Crippen LogP contribution in [0.25, 0.3) is 0 Å². The van der Waals surface area contributed by atoms with Gasteiger partial charge in [0.25, 0.3) is 0 Å². The van der Waals surface area contributed by atoms with Gasteiger partial charge in [-0.25, -0.2) is 14.4 Å². The molecule has 4 atom stereocenters. The standard InChI is InChI=1S/C16H17N3O9/c20-13(7-2-1-3-7)25-6-8-10-11(28-15(22)14(21)27-10)12(26-8)19-5-4-9(18-24)17-16(19)23/h4-5,7-8,10-12,24H,1-3,6H2,(H,17,18,23)/t8-,10?,11?,12-/m1/s1. The molecule has 2 aliphatic heterocycles. The first-order chi connectivity index (χ1) is 13.5. The van der Waals surface area contributed by atoms with Gasteiger partial charge < -0.3 is 18.9 Å². The van der Waals surface area contributed by atoms with Crippen molar-refractivity contribution in [3.8, 4) is 0 Å². The minimum absolute atomic E-state index is 0.0890. The molecule has 1 aliphatic carbocycles. The molecule has 1 aromatic rings. The maximum atomic E-state index is 12.2. The molecule has 3 aliphatic rings. The lowest BCUT2D eigenvalue weighted by Crippen LogP contribution is -2.49. The Kier molecular flexibility index (Phi) is 4.73. The summed E-state index contributed by atoms with van der Waals surface area (Å²) in [5.74, 6) is -3.01. The number of rotatable bonds is 5. The highest BCUT2D eigenvalue weighted by atomic mass is 16.7. The largest absolute Gasteiger partial charge is 0.463 e. The van der Waals surface area contributed by atoms with Crippen LogP contribution < -0.4 is 11.2 Å². The summed E-state index contributed by atoms with van der Waals surface area (Å²) in [7, 11) is 0. The van der Waals surface area contributed by atoms with Crippen molar-refractivity contribution in [3.63, 3.8) is 0 Å². The number of hydrogen-bond acceptors (Lipinski definition) is 11. The molecule has 0 bridgehead atoms. The fourth-order valence-corrected chi connectivity index (χ4v) is 3.27. The van der Waals surface area contributed by atoms with Crippen molar-refractivity contribution < 1.29 is 38.5 Å². The van der Waals surface area contributed by atoms with Crippen molar-refractivity contribution in [2.24, 2.45) is 5.92 Å². The molecule has 1 saturated carbocycles. The van der Waals surface area contributed by atoms with E-state index in [9.17, 15) is 19.2 Å². The van der Waals surface area contributed by atoms with Gasteiger partial charge in [-0.2, -0.15) is 4.98 Å². The number of carbonyl (C=O) groups is 3. The second-order valence-electron chi connectivity index (χ2n) is 6.68. The second kappa shape index (κ2) is 7.20. The first-order valence-electron chi connectivity index (χ1n) is 8.71. The first kappa shape index (κ1) is 18.4. The number of hydrogen-bond donors (Lipinski definition) is 2. The number of ether oxygens (including phenoxy) is 4. The lowest BCUT2D eigenvalue weighted by Gasteiger charge is -2.28. The van der Waals surface area contributed by atoms with Crippen LogP contribution in [0.1, 0.15) is 25.5 Å². The van der Waals surface area contributed by atoms with Gasteiger partial charge in [0.1, 0.15) is 12.7 Å². The van der Waals surface area contributed by atoms with Crippen molar-refractivity contribution in [2.75, 3.05) is 12.1 Å². The summed E-state index contributed by atoms with van der Waals surface area (Å²) in [6.45, 7) is -0.226. The Morgan fingerprint density at radius 2 is 1.96 bits per heavy atom. The molecule has 0 spiro atoms. The zero-order valence-corrected chi connectivity index (χ0v) is 14.5. The van der Waals surface area contributed by atoms with Crippen LogP contribution in [0.2, 0.25) is 0 Å². The fraction of sp³-hybridized carbons (Fsp3) is 0.562. The molecular weight excluding hydrogens is 378 g/mol. The Morgan fingerprint density at radius 1 is 1.25 bits per heavy atom. The maximum absolute atomic E-state index is 12.2. The lowest BCUT2D eigenvalue weighted by atomic mass is 9.86. The summed E-state index contributed by atoms with van der Waals surface area (Å²) >= 11 is 0. The summed E-state index contributed by atoms with van der Waals surface area (Å²) in [6, 6.07) is 1.29. The van der Waals surface area contributed by atoms with E-state index in [1.165, 1.54) is 12.3 Å². The normalized spacial score (nSPS) is 29.3. The third kappa shape index (κ3) is 3.20. The van der Waals surface area contributed by atoms with Crippen LogP contribution >= 0.6 is 0 Å². The van der Waals surface area contributed by atoms with Gasteiger partial charge >= 0.3 is 23.6 Å². The van der Waals surface area contributed by atoms with Gasteiger partial charge in [0.05, 0.1) is 5.92 Å². The monoisotopic (exact) mass is 395 g/mol. The smallest absolute Gasteiger partial charge is 0.418 e. The van der Waals surface area contributed by atoms with Crippen molar-refractivity contribution in [2.45, 2.75) is 43.8 Å². The Morgan fingerprint density at radius 3 is 2.57 bits per heavy atom. The van der Waals surface area contributed by atoms with Crippen LogP contribution in [0.3, 0.4) is 0 Å². The summed E-state index contributed by atoms with van der Waals surface area (Å²) in [5.41, 5.74) is 0.938. The van der Waals surface area contributed by atoms with Crippen LogP contribution in [-0.4, -0.2) is 57.6 Å². The predicted molar refractivity (Wildman–Crippen MR) is 85.9 cm³/mol. The molecule has 12 heteroatoms. The zero-order chi connectivity index (χ0) is 19.8. The predicted octanol–water partition coefficient (Wildman–Crippen LogP) is -0.878. The highest BCUT2D eigenvalue weighted by Crippen LogP contribution is 2.36. The van der Waals surface area contributed by atoms with Crippen LogP contribution in [-0.2, 0) is 33.3 Å². The maximum Gasteiger partial charge on any atom is 0.418 e. The molecule has 0 amide bonds. The number of fused-ring (bicyclic) bond motifs is 1. The quantitative estimate of drug-likeness (QED) is 0.276. The van der Waals surface area contributed by atoms with Gasteiger partial charge in [0, 0.05) is 6.20 Å². The fourth-order valence-electron chi connectivity index (χ4n) is 3.27. The van der Waals surface area contributed by atoms with E-state index in [1.807, 2.05) is 0 Å².